The standard InChI is InChI=1S/C27H27N7O2/c1-17-12-18(8-11-28-17)24-21-13-19(6-7-22(21)32-33-24)26(35)31-20-4-2-9-27(36,14-20)15-34-16-30-25-23(34)5-3-10-29-25/h3,5-8,10-13,16,20,36H,2,4,9,14-15H2,1H3,(H,31,35)(H,32,33)/t20-,27+/m0/s1. The molecule has 0 bridgehead atoms. The van der Waals surface area contributed by atoms with E-state index in [4.69, 9.17) is 0 Å². The molecule has 0 unspecified atom stereocenters. The molecule has 9 heteroatoms. The van der Waals surface area contributed by atoms with E-state index < -0.39 is 5.60 Å². The molecule has 2 atom stereocenters. The van der Waals surface area contributed by atoms with E-state index in [1.807, 2.05) is 47.9 Å². The summed E-state index contributed by atoms with van der Waals surface area (Å²) in [4.78, 5) is 26.1. The summed E-state index contributed by atoms with van der Waals surface area (Å²) in [6.45, 7) is 2.35. The highest BCUT2D eigenvalue weighted by Gasteiger charge is 2.36. The van der Waals surface area contributed by atoms with Crippen molar-refractivity contribution in [2.24, 2.45) is 0 Å². The summed E-state index contributed by atoms with van der Waals surface area (Å²) in [6.07, 6.45) is 8.01. The Balaban J connectivity index is 1.20. The number of hydrogen-bond acceptors (Lipinski definition) is 6. The first-order valence-electron chi connectivity index (χ1n) is 12.2. The fourth-order valence-electron chi connectivity index (χ4n) is 5.29. The van der Waals surface area contributed by atoms with Crippen molar-refractivity contribution in [2.45, 2.75) is 50.8 Å². The SMILES string of the molecule is Cc1cc(-c2n[nH]c3ccc(C(=O)N[C@H]4CCC[C@](O)(Cn5cnc6ncccc65)C4)cc23)ccn1. The molecule has 1 saturated carbocycles. The predicted molar refractivity (Wildman–Crippen MR) is 136 cm³/mol. The second-order valence-corrected chi connectivity index (χ2v) is 9.73. The minimum absolute atomic E-state index is 0.119. The van der Waals surface area contributed by atoms with Gasteiger partial charge in [-0.3, -0.25) is 14.9 Å². The molecule has 0 aliphatic heterocycles. The van der Waals surface area contributed by atoms with Gasteiger partial charge in [-0.2, -0.15) is 5.10 Å². The number of aryl methyl sites for hydroxylation is 1. The monoisotopic (exact) mass is 481 g/mol. The van der Waals surface area contributed by atoms with Crippen LogP contribution in [0.25, 0.3) is 33.3 Å². The molecule has 4 aromatic heterocycles. The molecule has 3 N–H and O–H groups in total. The van der Waals surface area contributed by atoms with Crippen LogP contribution in [-0.4, -0.2) is 52.4 Å². The van der Waals surface area contributed by atoms with Crippen molar-refractivity contribution in [1.29, 1.82) is 0 Å². The summed E-state index contributed by atoms with van der Waals surface area (Å²) in [5, 5.41) is 23.0. The summed E-state index contributed by atoms with van der Waals surface area (Å²) in [5.74, 6) is -0.151. The van der Waals surface area contributed by atoms with Gasteiger partial charge in [0.05, 0.1) is 29.5 Å². The number of aliphatic hydroxyl groups is 1. The van der Waals surface area contributed by atoms with Crippen molar-refractivity contribution < 1.29 is 9.90 Å². The number of hydrogen-bond donors (Lipinski definition) is 3. The van der Waals surface area contributed by atoms with Gasteiger partial charge in [0, 0.05) is 40.6 Å². The van der Waals surface area contributed by atoms with Crippen molar-refractivity contribution in [3.8, 4) is 11.3 Å². The Labute approximate surface area is 207 Å². The molecule has 9 nitrogen and oxygen atoms in total. The minimum atomic E-state index is -0.930. The zero-order valence-corrected chi connectivity index (χ0v) is 20.0. The lowest BCUT2D eigenvalue weighted by Gasteiger charge is -2.37. The summed E-state index contributed by atoms with van der Waals surface area (Å²) >= 11 is 0. The van der Waals surface area contributed by atoms with Gasteiger partial charge in [-0.1, -0.05) is 0 Å². The van der Waals surface area contributed by atoms with Crippen LogP contribution in [0.15, 0.2) is 61.2 Å². The molecule has 1 amide bonds. The van der Waals surface area contributed by atoms with Gasteiger partial charge in [-0.15, -0.1) is 0 Å². The van der Waals surface area contributed by atoms with E-state index in [1.165, 1.54) is 0 Å². The topological polar surface area (TPSA) is 122 Å². The van der Waals surface area contributed by atoms with Crippen LogP contribution in [-0.2, 0) is 6.54 Å². The average Bonchev–Trinajstić information content (AvgIpc) is 3.48. The maximum Gasteiger partial charge on any atom is 0.251 e. The predicted octanol–water partition coefficient (Wildman–Crippen LogP) is 3.78. The number of benzene rings is 1. The second kappa shape index (κ2) is 8.83. The summed E-state index contributed by atoms with van der Waals surface area (Å²) in [5.41, 5.74) is 4.71. The van der Waals surface area contributed by atoms with E-state index in [2.05, 4.69) is 30.5 Å². The Morgan fingerprint density at radius 1 is 1.19 bits per heavy atom. The van der Waals surface area contributed by atoms with E-state index in [-0.39, 0.29) is 11.9 Å². The van der Waals surface area contributed by atoms with Gasteiger partial charge >= 0.3 is 0 Å². The lowest BCUT2D eigenvalue weighted by Crippen LogP contribution is -2.47. The van der Waals surface area contributed by atoms with Gasteiger partial charge in [0.25, 0.3) is 5.91 Å². The highest BCUT2D eigenvalue weighted by Crippen LogP contribution is 2.32. The van der Waals surface area contributed by atoms with Crippen LogP contribution in [0.2, 0.25) is 0 Å². The molecular formula is C27H27N7O2. The summed E-state index contributed by atoms with van der Waals surface area (Å²) in [7, 11) is 0. The van der Waals surface area contributed by atoms with E-state index in [0.717, 1.165) is 46.2 Å². The van der Waals surface area contributed by atoms with E-state index in [9.17, 15) is 9.90 Å². The number of H-pyrrole nitrogens is 1. The molecule has 1 fully saturated rings. The molecule has 5 aromatic rings. The molecule has 182 valence electrons. The number of carbonyl (C=O) groups is 1. The number of nitrogens with zero attached hydrogens (tertiary/aromatic N) is 5. The van der Waals surface area contributed by atoms with Gasteiger partial charge in [0.2, 0.25) is 0 Å². The van der Waals surface area contributed by atoms with Crippen LogP contribution in [0.3, 0.4) is 0 Å². The van der Waals surface area contributed by atoms with Crippen LogP contribution >= 0.6 is 0 Å². The Hall–Kier alpha value is -4.11. The molecule has 1 aromatic carbocycles. The molecule has 0 radical (unpaired) electrons. The van der Waals surface area contributed by atoms with Gasteiger partial charge in [0.1, 0.15) is 5.69 Å². The first kappa shape index (κ1) is 22.4. The fourth-order valence-corrected chi connectivity index (χ4v) is 5.29. The number of carbonyl (C=O) groups excluding carboxylic acids is 1. The van der Waals surface area contributed by atoms with Gasteiger partial charge in [0.15, 0.2) is 5.65 Å². The number of fused-ring (bicyclic) bond motifs is 2. The number of aromatic nitrogens is 6. The number of pyridine rings is 2. The first-order valence-corrected chi connectivity index (χ1v) is 12.2. The second-order valence-electron chi connectivity index (χ2n) is 9.73. The van der Waals surface area contributed by atoms with Crippen LogP contribution in [0.4, 0.5) is 0 Å². The lowest BCUT2D eigenvalue weighted by atomic mass is 9.81. The van der Waals surface area contributed by atoms with Crippen LogP contribution in [0, 0.1) is 6.92 Å². The van der Waals surface area contributed by atoms with Gasteiger partial charge in [-0.05, 0) is 75.1 Å². The van der Waals surface area contributed by atoms with Crippen molar-refractivity contribution in [3.05, 3.63) is 72.4 Å². The number of nitrogens with one attached hydrogen (secondary N) is 2. The van der Waals surface area contributed by atoms with Crippen LogP contribution in [0.1, 0.15) is 41.7 Å². The summed E-state index contributed by atoms with van der Waals surface area (Å²) in [6, 6.07) is 13.1. The summed E-state index contributed by atoms with van der Waals surface area (Å²) < 4.78 is 1.95. The molecule has 0 saturated heterocycles. The number of imidazole rings is 1. The van der Waals surface area contributed by atoms with Crippen LogP contribution < -0.4 is 5.32 Å². The highest BCUT2D eigenvalue weighted by molar-refractivity contribution is 6.01. The van der Waals surface area contributed by atoms with Crippen molar-refractivity contribution in [1.82, 2.24) is 35.0 Å². The van der Waals surface area contributed by atoms with E-state index in [1.54, 1.807) is 24.8 Å². The number of rotatable bonds is 5. The molecule has 1 aliphatic carbocycles. The third-order valence-electron chi connectivity index (χ3n) is 7.01. The number of amides is 1. The molecule has 4 heterocycles. The largest absolute Gasteiger partial charge is 0.388 e. The molecule has 6 rings (SSSR count). The Morgan fingerprint density at radius 2 is 2.11 bits per heavy atom. The van der Waals surface area contributed by atoms with Gasteiger partial charge < -0.3 is 15.0 Å². The lowest BCUT2D eigenvalue weighted by molar-refractivity contribution is -0.0203. The fraction of sp³-hybridized carbons (Fsp3) is 0.296. The zero-order chi connectivity index (χ0) is 24.7. The Kier molecular flexibility index (Phi) is 5.49. The van der Waals surface area contributed by atoms with Gasteiger partial charge in [-0.25, -0.2) is 9.97 Å². The Bertz CT molecular complexity index is 1570. The van der Waals surface area contributed by atoms with Crippen LogP contribution in [0.5, 0.6) is 0 Å². The molecule has 0 spiro atoms. The van der Waals surface area contributed by atoms with E-state index >= 15 is 0 Å². The van der Waals surface area contributed by atoms with Crippen molar-refractivity contribution in [2.75, 3.05) is 0 Å². The molecule has 36 heavy (non-hydrogen) atoms. The zero-order valence-electron chi connectivity index (χ0n) is 20.0. The third-order valence-corrected chi connectivity index (χ3v) is 7.01. The quantitative estimate of drug-likeness (QED) is 0.351. The maximum atomic E-state index is 13.2. The highest BCUT2D eigenvalue weighted by atomic mass is 16.3. The van der Waals surface area contributed by atoms with Crippen molar-refractivity contribution in [3.63, 3.8) is 0 Å². The minimum Gasteiger partial charge on any atom is -0.388 e. The molecule has 1 aliphatic rings. The number of aromatic amines is 1. The maximum absolute atomic E-state index is 13.2. The smallest absolute Gasteiger partial charge is 0.251 e. The molecular weight excluding hydrogens is 454 g/mol. The third kappa shape index (κ3) is 4.22. The Morgan fingerprint density at radius 3 is 3.00 bits per heavy atom. The first-order chi connectivity index (χ1) is 17.5. The van der Waals surface area contributed by atoms with Crippen molar-refractivity contribution >= 4 is 28.0 Å². The normalized spacial score (nSPS) is 20.1. The average molecular weight is 482 g/mol. The van der Waals surface area contributed by atoms with E-state index in [0.29, 0.717) is 30.6 Å².